The monoisotopic (exact) mass is 337 g/mol. The molecule has 0 aliphatic heterocycles. The van der Waals surface area contributed by atoms with Crippen molar-refractivity contribution < 1.29 is 19.1 Å². The van der Waals surface area contributed by atoms with Gasteiger partial charge in [-0.25, -0.2) is 5.48 Å². The highest BCUT2D eigenvalue weighted by Gasteiger charge is 2.06. The lowest BCUT2D eigenvalue weighted by atomic mass is 10.3. The van der Waals surface area contributed by atoms with Crippen LogP contribution >= 0.6 is 27.5 Å². The van der Waals surface area contributed by atoms with Gasteiger partial charge in [-0.1, -0.05) is 11.6 Å². The van der Waals surface area contributed by atoms with Crippen LogP contribution in [0, 0.1) is 0 Å². The van der Waals surface area contributed by atoms with Gasteiger partial charge in [0.05, 0.1) is 17.7 Å². The fraction of sp³-hybridized carbons (Fsp3) is 0.364. The van der Waals surface area contributed by atoms with Gasteiger partial charge in [-0.05, 0) is 34.1 Å². The number of carbonyl (C=O) groups is 1. The Hall–Kier alpha value is -0.820. The summed E-state index contributed by atoms with van der Waals surface area (Å²) >= 11 is 9.06. The second kappa shape index (κ2) is 8.31. The molecule has 0 aliphatic rings. The van der Waals surface area contributed by atoms with Crippen LogP contribution in [-0.4, -0.2) is 32.8 Å². The summed E-state index contributed by atoms with van der Waals surface area (Å²) in [7, 11) is 1.55. The van der Waals surface area contributed by atoms with Gasteiger partial charge in [-0.2, -0.15) is 0 Å². The van der Waals surface area contributed by atoms with E-state index in [1.807, 2.05) is 0 Å². The first-order valence-corrected chi connectivity index (χ1v) is 6.28. The number of hydrogen-bond acceptors (Lipinski definition) is 4. The van der Waals surface area contributed by atoms with Crippen LogP contribution in [0.5, 0.6) is 5.75 Å². The second-order valence-corrected chi connectivity index (χ2v) is 4.52. The molecule has 18 heavy (non-hydrogen) atoms. The first kappa shape index (κ1) is 15.2. The van der Waals surface area contributed by atoms with Crippen molar-refractivity contribution in [1.29, 1.82) is 0 Å². The number of rotatable bonds is 7. The maximum atomic E-state index is 11.3. The van der Waals surface area contributed by atoms with Gasteiger partial charge in [0.25, 0.3) is 5.91 Å². The number of methoxy groups -OCH3 is 1. The molecule has 1 rings (SSSR count). The summed E-state index contributed by atoms with van der Waals surface area (Å²) in [6, 6.07) is 5.03. The van der Waals surface area contributed by atoms with Crippen molar-refractivity contribution in [3.63, 3.8) is 0 Å². The molecule has 0 aromatic heterocycles. The van der Waals surface area contributed by atoms with E-state index >= 15 is 0 Å². The van der Waals surface area contributed by atoms with E-state index in [1.165, 1.54) is 0 Å². The van der Waals surface area contributed by atoms with Crippen molar-refractivity contribution in [2.45, 2.75) is 0 Å². The Bertz CT molecular complexity index is 403. The normalized spacial score (nSPS) is 10.2. The molecule has 0 atom stereocenters. The average Bonchev–Trinajstić information content (AvgIpc) is 2.33. The summed E-state index contributed by atoms with van der Waals surface area (Å²) in [6.45, 7) is 0.546. The summed E-state index contributed by atoms with van der Waals surface area (Å²) in [6.07, 6.45) is 0. The highest BCUT2D eigenvalue weighted by atomic mass is 79.9. The van der Waals surface area contributed by atoms with Crippen molar-refractivity contribution in [2.75, 3.05) is 26.9 Å². The molecule has 0 aliphatic carbocycles. The minimum Gasteiger partial charge on any atom is -0.483 e. The van der Waals surface area contributed by atoms with Crippen molar-refractivity contribution >= 4 is 33.4 Å². The summed E-state index contributed by atoms with van der Waals surface area (Å²) in [5, 5.41) is 0.585. The molecule has 1 aromatic rings. The van der Waals surface area contributed by atoms with Crippen molar-refractivity contribution in [3.05, 3.63) is 27.7 Å². The van der Waals surface area contributed by atoms with Gasteiger partial charge >= 0.3 is 0 Å². The van der Waals surface area contributed by atoms with Gasteiger partial charge in [0, 0.05) is 12.1 Å². The quantitative estimate of drug-likeness (QED) is 0.611. The van der Waals surface area contributed by atoms with Crippen LogP contribution in [0.1, 0.15) is 0 Å². The molecule has 7 heteroatoms. The summed E-state index contributed by atoms with van der Waals surface area (Å²) < 4.78 is 10.7. The van der Waals surface area contributed by atoms with Crippen molar-refractivity contribution in [1.82, 2.24) is 5.48 Å². The Balaban J connectivity index is 2.29. The van der Waals surface area contributed by atoms with E-state index in [9.17, 15) is 4.79 Å². The Morgan fingerprint density at radius 2 is 2.22 bits per heavy atom. The Kier molecular flexibility index (Phi) is 7.04. The third kappa shape index (κ3) is 5.68. The SMILES string of the molecule is COCCONC(=O)COc1ccc(Cl)cc1Br. The molecule has 0 saturated carbocycles. The molecule has 0 heterocycles. The van der Waals surface area contributed by atoms with E-state index in [1.54, 1.807) is 25.3 Å². The van der Waals surface area contributed by atoms with Crippen LogP contribution in [0.15, 0.2) is 22.7 Å². The molecule has 0 unspecified atom stereocenters. The van der Waals surface area contributed by atoms with Crippen LogP contribution in [0.4, 0.5) is 0 Å². The molecule has 5 nitrogen and oxygen atoms in total. The fourth-order valence-electron chi connectivity index (χ4n) is 1.02. The van der Waals surface area contributed by atoms with E-state index < -0.39 is 0 Å². The molecule has 0 saturated heterocycles. The number of nitrogens with one attached hydrogen (secondary N) is 1. The maximum absolute atomic E-state index is 11.3. The minimum absolute atomic E-state index is 0.146. The maximum Gasteiger partial charge on any atom is 0.281 e. The van der Waals surface area contributed by atoms with E-state index in [0.29, 0.717) is 21.9 Å². The molecular formula is C11H13BrClNO4. The highest BCUT2D eigenvalue weighted by molar-refractivity contribution is 9.10. The van der Waals surface area contributed by atoms with Crippen LogP contribution < -0.4 is 10.2 Å². The molecule has 1 aromatic carbocycles. The van der Waals surface area contributed by atoms with Gasteiger partial charge < -0.3 is 9.47 Å². The third-order valence-corrected chi connectivity index (χ3v) is 2.68. The predicted octanol–water partition coefficient (Wildman–Crippen LogP) is 2.18. The molecule has 1 amide bonds. The lowest BCUT2D eigenvalue weighted by molar-refractivity contribution is -0.136. The number of halogens is 2. The largest absolute Gasteiger partial charge is 0.483 e. The molecule has 0 fully saturated rings. The van der Waals surface area contributed by atoms with E-state index in [4.69, 9.17) is 25.9 Å². The zero-order valence-corrected chi connectivity index (χ0v) is 12.1. The highest BCUT2D eigenvalue weighted by Crippen LogP contribution is 2.27. The van der Waals surface area contributed by atoms with Gasteiger partial charge in [0.1, 0.15) is 5.75 Å². The molecule has 1 N–H and O–H groups in total. The standard InChI is InChI=1S/C11H13BrClNO4/c1-16-4-5-18-14-11(15)7-17-10-3-2-8(13)6-9(10)12/h2-3,6H,4-5,7H2,1H3,(H,14,15). The zero-order valence-electron chi connectivity index (χ0n) is 9.74. The van der Waals surface area contributed by atoms with Crippen LogP contribution in [0.3, 0.4) is 0 Å². The Labute approximate surface area is 118 Å². The molecule has 0 radical (unpaired) electrons. The lowest BCUT2D eigenvalue weighted by Gasteiger charge is -2.09. The predicted molar refractivity (Wildman–Crippen MR) is 70.6 cm³/mol. The summed E-state index contributed by atoms with van der Waals surface area (Å²) in [5.74, 6) is 0.152. The lowest BCUT2D eigenvalue weighted by Crippen LogP contribution is -2.30. The number of hydrogen-bond donors (Lipinski definition) is 1. The van der Waals surface area contributed by atoms with Crippen LogP contribution in [0.25, 0.3) is 0 Å². The number of ether oxygens (including phenoxy) is 2. The van der Waals surface area contributed by atoms with Gasteiger partial charge in [0.15, 0.2) is 6.61 Å². The molecule has 100 valence electrons. The molecular weight excluding hydrogens is 325 g/mol. The number of benzene rings is 1. The smallest absolute Gasteiger partial charge is 0.281 e. The van der Waals surface area contributed by atoms with Crippen molar-refractivity contribution in [2.24, 2.45) is 0 Å². The fourth-order valence-corrected chi connectivity index (χ4v) is 1.82. The number of amides is 1. The third-order valence-electron chi connectivity index (χ3n) is 1.83. The topological polar surface area (TPSA) is 56.8 Å². The Morgan fingerprint density at radius 3 is 2.89 bits per heavy atom. The van der Waals surface area contributed by atoms with Crippen LogP contribution in [0.2, 0.25) is 5.02 Å². The number of carbonyl (C=O) groups excluding carboxylic acids is 1. The zero-order chi connectivity index (χ0) is 13.4. The van der Waals surface area contributed by atoms with E-state index in [0.717, 1.165) is 0 Å². The van der Waals surface area contributed by atoms with E-state index in [2.05, 4.69) is 21.4 Å². The molecule has 0 bridgehead atoms. The van der Waals surface area contributed by atoms with E-state index in [-0.39, 0.29) is 19.1 Å². The Morgan fingerprint density at radius 1 is 1.44 bits per heavy atom. The van der Waals surface area contributed by atoms with Gasteiger partial charge in [0.2, 0.25) is 0 Å². The van der Waals surface area contributed by atoms with Crippen molar-refractivity contribution in [3.8, 4) is 5.75 Å². The second-order valence-electron chi connectivity index (χ2n) is 3.23. The molecule has 0 spiro atoms. The number of hydroxylamine groups is 1. The first-order chi connectivity index (χ1) is 8.63. The van der Waals surface area contributed by atoms with Gasteiger partial charge in [-0.3, -0.25) is 9.63 Å². The van der Waals surface area contributed by atoms with Crippen LogP contribution in [-0.2, 0) is 14.4 Å². The average molecular weight is 339 g/mol. The van der Waals surface area contributed by atoms with Gasteiger partial charge in [-0.15, -0.1) is 0 Å². The summed E-state index contributed by atoms with van der Waals surface area (Å²) in [5.41, 5.74) is 2.23. The first-order valence-electron chi connectivity index (χ1n) is 5.11. The minimum atomic E-state index is -0.382. The summed E-state index contributed by atoms with van der Waals surface area (Å²) in [4.78, 5) is 16.2.